The van der Waals surface area contributed by atoms with Crippen molar-refractivity contribution in [1.82, 2.24) is 15.5 Å². The highest BCUT2D eigenvalue weighted by Crippen LogP contribution is 2.21. The average molecular weight is 486 g/mol. The number of hydrogen-bond donors (Lipinski definition) is 2. The van der Waals surface area contributed by atoms with Crippen molar-refractivity contribution in [2.45, 2.75) is 97.9 Å². The van der Waals surface area contributed by atoms with E-state index in [9.17, 15) is 19.2 Å². The molecule has 3 unspecified atom stereocenters. The number of carbonyl (C=O) groups is 4. The second kappa shape index (κ2) is 14.4. The largest absolute Gasteiger partial charge is 0.379 e. The minimum absolute atomic E-state index is 0.0894. The van der Waals surface area contributed by atoms with Crippen LogP contribution in [0.15, 0.2) is 0 Å². The number of rotatable bonds is 16. The minimum Gasteiger partial charge on any atom is -0.379 e. The number of nitrogens with zero attached hydrogens (tertiary/aromatic N) is 1. The smallest absolute Gasteiger partial charge is 0.245 e. The van der Waals surface area contributed by atoms with Gasteiger partial charge in [-0.1, -0.05) is 34.1 Å². The van der Waals surface area contributed by atoms with E-state index < -0.39 is 23.2 Å². The highest BCUT2D eigenvalue weighted by molar-refractivity contribution is 5.93. The molecular formula is C25H47N3O6. The molecule has 0 saturated carbocycles. The number of aldehydes is 1. The third-order valence-corrected chi connectivity index (χ3v) is 5.89. The Morgan fingerprint density at radius 1 is 1.09 bits per heavy atom. The Balaban J connectivity index is 5.05. The lowest BCUT2D eigenvalue weighted by Gasteiger charge is -2.37. The summed E-state index contributed by atoms with van der Waals surface area (Å²) in [4.78, 5) is 50.8. The van der Waals surface area contributed by atoms with Crippen LogP contribution in [0.5, 0.6) is 0 Å². The number of carbonyl (C=O) groups excluding carboxylic acids is 4. The van der Waals surface area contributed by atoms with Crippen molar-refractivity contribution in [3.05, 3.63) is 0 Å². The lowest BCUT2D eigenvalue weighted by molar-refractivity contribution is -0.140. The first-order chi connectivity index (χ1) is 15.6. The molecule has 0 saturated heterocycles. The third-order valence-electron chi connectivity index (χ3n) is 5.89. The number of likely N-dealkylation sites (N-methyl/N-ethyl adjacent to an activating group) is 1. The zero-order chi connectivity index (χ0) is 26.7. The first kappa shape index (κ1) is 32.0. The van der Waals surface area contributed by atoms with Gasteiger partial charge in [0, 0.05) is 27.2 Å². The predicted molar refractivity (Wildman–Crippen MR) is 132 cm³/mol. The van der Waals surface area contributed by atoms with Crippen molar-refractivity contribution in [3.63, 3.8) is 0 Å². The summed E-state index contributed by atoms with van der Waals surface area (Å²) >= 11 is 0. The van der Waals surface area contributed by atoms with Crippen LogP contribution < -0.4 is 10.6 Å². The summed E-state index contributed by atoms with van der Waals surface area (Å²) in [6.45, 7) is 15.2. The normalized spacial score (nSPS) is 14.8. The fourth-order valence-electron chi connectivity index (χ4n) is 3.66. The van der Waals surface area contributed by atoms with E-state index in [-0.39, 0.29) is 43.2 Å². The molecule has 0 aromatic rings. The van der Waals surface area contributed by atoms with E-state index in [4.69, 9.17) is 9.47 Å². The fraction of sp³-hybridized carbons (Fsp3) is 0.840. The van der Waals surface area contributed by atoms with Gasteiger partial charge in [0.1, 0.15) is 11.8 Å². The molecular weight excluding hydrogens is 438 g/mol. The van der Waals surface area contributed by atoms with Crippen LogP contribution in [0.4, 0.5) is 0 Å². The van der Waals surface area contributed by atoms with Crippen molar-refractivity contribution >= 4 is 24.0 Å². The van der Waals surface area contributed by atoms with Gasteiger partial charge in [0.05, 0.1) is 30.7 Å². The standard InChI is InChI=1S/C25H47N3O6/c1-11-18(4)22(19(33-10)12-13-29)28(9)21(31)15-26-23(32)25(7,8)27-20(30)14-24(5,6)34-16-17(2)3/h13,17-19,22H,11-12,14-16H2,1-10H3,(H,26,32)(H,27,30). The Hall–Kier alpha value is -2.00. The summed E-state index contributed by atoms with van der Waals surface area (Å²) < 4.78 is 11.3. The van der Waals surface area contributed by atoms with Crippen LogP contribution in [0, 0.1) is 11.8 Å². The summed E-state index contributed by atoms with van der Waals surface area (Å²) in [6.07, 6.45) is 1.41. The van der Waals surface area contributed by atoms with Gasteiger partial charge in [0.15, 0.2) is 0 Å². The molecule has 9 nitrogen and oxygen atoms in total. The molecule has 2 N–H and O–H groups in total. The zero-order valence-electron chi connectivity index (χ0n) is 22.8. The lowest BCUT2D eigenvalue weighted by atomic mass is 9.91. The van der Waals surface area contributed by atoms with Crippen LogP contribution in [-0.2, 0) is 28.7 Å². The maximum absolute atomic E-state index is 12.9. The van der Waals surface area contributed by atoms with Gasteiger partial charge in [0.25, 0.3) is 0 Å². The Bertz CT molecular complexity index is 678. The molecule has 9 heteroatoms. The minimum atomic E-state index is -1.22. The van der Waals surface area contributed by atoms with Crippen LogP contribution in [0.2, 0.25) is 0 Å². The molecule has 0 rings (SSSR count). The zero-order valence-corrected chi connectivity index (χ0v) is 22.8. The molecule has 0 fully saturated rings. The van der Waals surface area contributed by atoms with Crippen LogP contribution >= 0.6 is 0 Å². The summed E-state index contributed by atoms with van der Waals surface area (Å²) in [5.41, 5.74) is -1.88. The van der Waals surface area contributed by atoms with Gasteiger partial charge in [-0.15, -0.1) is 0 Å². The molecule has 198 valence electrons. The number of nitrogens with one attached hydrogen (secondary N) is 2. The Labute approximate surface area is 205 Å². The van der Waals surface area contributed by atoms with Gasteiger partial charge in [-0.05, 0) is 39.5 Å². The van der Waals surface area contributed by atoms with E-state index in [1.165, 1.54) is 12.0 Å². The Morgan fingerprint density at radius 3 is 2.15 bits per heavy atom. The van der Waals surface area contributed by atoms with E-state index in [0.29, 0.717) is 12.5 Å². The van der Waals surface area contributed by atoms with Crippen LogP contribution in [-0.4, -0.2) is 79.5 Å². The molecule has 0 radical (unpaired) electrons. The molecule has 0 spiro atoms. The molecule has 0 aliphatic carbocycles. The molecule has 0 bridgehead atoms. The highest BCUT2D eigenvalue weighted by Gasteiger charge is 2.35. The van der Waals surface area contributed by atoms with E-state index in [0.717, 1.165) is 12.7 Å². The van der Waals surface area contributed by atoms with E-state index in [2.05, 4.69) is 10.6 Å². The van der Waals surface area contributed by atoms with Crippen molar-refractivity contribution in [2.24, 2.45) is 11.8 Å². The maximum Gasteiger partial charge on any atom is 0.245 e. The van der Waals surface area contributed by atoms with E-state index in [1.807, 2.05) is 41.5 Å². The van der Waals surface area contributed by atoms with Gasteiger partial charge >= 0.3 is 0 Å². The number of hydrogen-bond acceptors (Lipinski definition) is 6. The molecule has 0 aromatic heterocycles. The average Bonchev–Trinajstić information content (AvgIpc) is 2.73. The van der Waals surface area contributed by atoms with Gasteiger partial charge < -0.3 is 29.8 Å². The van der Waals surface area contributed by atoms with Crippen LogP contribution in [0.1, 0.15) is 74.7 Å². The topological polar surface area (TPSA) is 114 Å². The summed E-state index contributed by atoms with van der Waals surface area (Å²) in [5, 5.41) is 5.36. The first-order valence-electron chi connectivity index (χ1n) is 12.1. The number of amides is 3. The SMILES string of the molecule is CCC(C)C(C(CC=O)OC)N(C)C(=O)CNC(=O)C(C)(C)NC(=O)CC(C)(C)OCC(C)C. The third kappa shape index (κ3) is 11.0. The van der Waals surface area contributed by atoms with Crippen molar-refractivity contribution in [2.75, 3.05) is 27.3 Å². The van der Waals surface area contributed by atoms with Crippen molar-refractivity contribution in [1.29, 1.82) is 0 Å². The van der Waals surface area contributed by atoms with E-state index in [1.54, 1.807) is 20.9 Å². The van der Waals surface area contributed by atoms with E-state index >= 15 is 0 Å². The van der Waals surface area contributed by atoms with Gasteiger partial charge in [-0.2, -0.15) is 0 Å². The van der Waals surface area contributed by atoms with Gasteiger partial charge in [0.2, 0.25) is 17.7 Å². The summed E-state index contributed by atoms with van der Waals surface area (Å²) in [6, 6.07) is -0.314. The quantitative estimate of drug-likeness (QED) is 0.324. The fourth-order valence-corrected chi connectivity index (χ4v) is 3.66. The molecule has 3 atom stereocenters. The molecule has 0 heterocycles. The first-order valence-corrected chi connectivity index (χ1v) is 12.1. The number of ether oxygens (including phenoxy) is 2. The molecule has 0 aliphatic heterocycles. The van der Waals surface area contributed by atoms with Gasteiger partial charge in [-0.25, -0.2) is 0 Å². The summed E-state index contributed by atoms with van der Waals surface area (Å²) in [5.74, 6) is -0.660. The highest BCUT2D eigenvalue weighted by atomic mass is 16.5. The molecule has 3 amide bonds. The van der Waals surface area contributed by atoms with Crippen molar-refractivity contribution in [3.8, 4) is 0 Å². The second-order valence-electron chi connectivity index (χ2n) is 10.6. The second-order valence-corrected chi connectivity index (χ2v) is 10.6. The predicted octanol–water partition coefficient (Wildman–Crippen LogP) is 2.32. The Morgan fingerprint density at radius 2 is 1.68 bits per heavy atom. The molecule has 34 heavy (non-hydrogen) atoms. The molecule has 0 aromatic carbocycles. The maximum atomic E-state index is 12.9. The molecule has 0 aliphatic rings. The van der Waals surface area contributed by atoms with Crippen LogP contribution in [0.25, 0.3) is 0 Å². The Kier molecular flexibility index (Phi) is 13.6. The monoisotopic (exact) mass is 485 g/mol. The van der Waals surface area contributed by atoms with Gasteiger partial charge in [-0.3, -0.25) is 14.4 Å². The number of methoxy groups -OCH3 is 1. The summed E-state index contributed by atoms with van der Waals surface area (Å²) in [7, 11) is 3.16. The lowest BCUT2D eigenvalue weighted by Crippen LogP contribution is -2.57. The van der Waals surface area contributed by atoms with Crippen molar-refractivity contribution < 1.29 is 28.7 Å². The van der Waals surface area contributed by atoms with Crippen LogP contribution in [0.3, 0.4) is 0 Å².